The molecule has 1 fully saturated rings. The van der Waals surface area contributed by atoms with Crippen LogP contribution in [0.4, 0.5) is 0 Å². The molecule has 18 heavy (non-hydrogen) atoms. The van der Waals surface area contributed by atoms with Gasteiger partial charge in [-0.3, -0.25) is 4.79 Å². The van der Waals surface area contributed by atoms with E-state index in [9.17, 15) is 4.79 Å². The number of hydrogen-bond acceptors (Lipinski definition) is 2. The molecule has 1 saturated carbocycles. The molecule has 0 bridgehead atoms. The van der Waals surface area contributed by atoms with E-state index in [0.717, 1.165) is 18.2 Å². The third kappa shape index (κ3) is 3.09. The SMILES string of the molecule is CC1CCCC(CBr)(NC(=O)c2sccc2Cl)C1. The molecule has 0 aliphatic heterocycles. The Labute approximate surface area is 125 Å². The van der Waals surface area contributed by atoms with Crippen molar-refractivity contribution in [2.24, 2.45) is 5.92 Å². The Morgan fingerprint density at radius 3 is 3.06 bits per heavy atom. The molecular weight excluding hydrogens is 334 g/mol. The summed E-state index contributed by atoms with van der Waals surface area (Å²) in [7, 11) is 0. The van der Waals surface area contributed by atoms with E-state index in [0.29, 0.717) is 15.8 Å². The van der Waals surface area contributed by atoms with Gasteiger partial charge in [0.05, 0.1) is 10.6 Å². The van der Waals surface area contributed by atoms with E-state index in [2.05, 4.69) is 28.2 Å². The predicted molar refractivity (Wildman–Crippen MR) is 81.0 cm³/mol. The van der Waals surface area contributed by atoms with Gasteiger partial charge in [0, 0.05) is 5.33 Å². The first-order valence-electron chi connectivity index (χ1n) is 6.18. The highest BCUT2D eigenvalue weighted by Crippen LogP contribution is 2.34. The predicted octanol–water partition coefficient (Wildman–Crippen LogP) is 4.48. The van der Waals surface area contributed by atoms with E-state index < -0.39 is 0 Å². The third-order valence-corrected chi connectivity index (χ3v) is 5.96. The Bertz CT molecular complexity index is 436. The lowest BCUT2D eigenvalue weighted by molar-refractivity contribution is 0.0874. The number of amides is 1. The number of carbonyl (C=O) groups is 1. The van der Waals surface area contributed by atoms with Gasteiger partial charge in [-0.2, -0.15) is 0 Å². The van der Waals surface area contributed by atoms with Crippen molar-refractivity contribution in [3.63, 3.8) is 0 Å². The number of thiophene rings is 1. The molecule has 1 amide bonds. The number of carbonyl (C=O) groups excluding carboxylic acids is 1. The van der Waals surface area contributed by atoms with Crippen LogP contribution in [0.3, 0.4) is 0 Å². The highest BCUT2D eigenvalue weighted by atomic mass is 79.9. The molecule has 5 heteroatoms. The van der Waals surface area contributed by atoms with Crippen LogP contribution in [0.15, 0.2) is 11.4 Å². The summed E-state index contributed by atoms with van der Waals surface area (Å²) in [5.41, 5.74) is -0.109. The lowest BCUT2D eigenvalue weighted by Crippen LogP contribution is -2.52. The maximum atomic E-state index is 12.3. The Morgan fingerprint density at radius 2 is 2.50 bits per heavy atom. The second-order valence-corrected chi connectivity index (χ2v) is 7.05. The largest absolute Gasteiger partial charge is 0.345 e. The van der Waals surface area contributed by atoms with Crippen molar-refractivity contribution in [3.05, 3.63) is 21.3 Å². The minimum atomic E-state index is -0.109. The molecule has 0 spiro atoms. The number of rotatable bonds is 3. The van der Waals surface area contributed by atoms with Crippen molar-refractivity contribution >= 4 is 44.8 Å². The zero-order chi connectivity index (χ0) is 13.2. The zero-order valence-electron chi connectivity index (χ0n) is 10.3. The number of alkyl halides is 1. The summed E-state index contributed by atoms with van der Waals surface area (Å²) in [5.74, 6) is 0.624. The van der Waals surface area contributed by atoms with Crippen LogP contribution < -0.4 is 5.32 Å². The van der Waals surface area contributed by atoms with Crippen LogP contribution in [-0.2, 0) is 0 Å². The van der Waals surface area contributed by atoms with Gasteiger partial charge in [-0.05, 0) is 30.2 Å². The maximum absolute atomic E-state index is 12.3. The van der Waals surface area contributed by atoms with Gasteiger partial charge in [0.1, 0.15) is 4.88 Å². The van der Waals surface area contributed by atoms with E-state index in [1.54, 1.807) is 6.07 Å². The third-order valence-electron chi connectivity index (χ3n) is 3.55. The highest BCUT2D eigenvalue weighted by Gasteiger charge is 2.36. The number of nitrogens with one attached hydrogen (secondary N) is 1. The van der Waals surface area contributed by atoms with E-state index in [1.165, 1.54) is 24.2 Å². The fourth-order valence-corrected chi connectivity index (χ4v) is 4.37. The van der Waals surface area contributed by atoms with Crippen molar-refractivity contribution in [3.8, 4) is 0 Å². The summed E-state index contributed by atoms with van der Waals surface area (Å²) in [4.78, 5) is 12.9. The lowest BCUT2D eigenvalue weighted by atomic mass is 9.77. The average molecular weight is 351 g/mol. The minimum Gasteiger partial charge on any atom is -0.345 e. The molecule has 2 rings (SSSR count). The van der Waals surface area contributed by atoms with Crippen LogP contribution in [-0.4, -0.2) is 16.8 Å². The molecule has 1 aliphatic carbocycles. The molecule has 100 valence electrons. The van der Waals surface area contributed by atoms with Crippen LogP contribution in [0.1, 0.15) is 42.3 Å². The summed E-state index contributed by atoms with van der Waals surface area (Å²) in [5, 5.41) is 6.40. The van der Waals surface area contributed by atoms with E-state index in [-0.39, 0.29) is 11.4 Å². The fraction of sp³-hybridized carbons (Fsp3) is 0.615. The molecule has 0 saturated heterocycles. The zero-order valence-corrected chi connectivity index (χ0v) is 13.5. The molecule has 1 aromatic heterocycles. The molecule has 0 aromatic carbocycles. The maximum Gasteiger partial charge on any atom is 0.263 e. The van der Waals surface area contributed by atoms with Gasteiger partial charge in [0.15, 0.2) is 0 Å². The van der Waals surface area contributed by atoms with Gasteiger partial charge in [0.25, 0.3) is 5.91 Å². The first-order valence-corrected chi connectivity index (χ1v) is 8.56. The smallest absolute Gasteiger partial charge is 0.263 e. The summed E-state index contributed by atoms with van der Waals surface area (Å²) < 4.78 is 0. The van der Waals surface area contributed by atoms with E-state index >= 15 is 0 Å². The number of halogens is 2. The first-order chi connectivity index (χ1) is 8.56. The van der Waals surface area contributed by atoms with Gasteiger partial charge in [-0.15, -0.1) is 11.3 Å². The average Bonchev–Trinajstić information content (AvgIpc) is 2.75. The normalized spacial score (nSPS) is 28.1. The van der Waals surface area contributed by atoms with Crippen LogP contribution in [0.2, 0.25) is 5.02 Å². The monoisotopic (exact) mass is 349 g/mol. The highest BCUT2D eigenvalue weighted by molar-refractivity contribution is 9.09. The van der Waals surface area contributed by atoms with Gasteiger partial charge < -0.3 is 5.32 Å². The van der Waals surface area contributed by atoms with Crippen molar-refractivity contribution in [1.82, 2.24) is 5.32 Å². The molecule has 2 nitrogen and oxygen atoms in total. The minimum absolute atomic E-state index is 0.0384. The summed E-state index contributed by atoms with van der Waals surface area (Å²) in [6.07, 6.45) is 4.50. The fourth-order valence-electron chi connectivity index (χ4n) is 2.68. The van der Waals surface area contributed by atoms with Gasteiger partial charge in [-0.1, -0.05) is 47.3 Å². The van der Waals surface area contributed by atoms with Crippen molar-refractivity contribution < 1.29 is 4.79 Å². The van der Waals surface area contributed by atoms with Gasteiger partial charge in [-0.25, -0.2) is 0 Å². The molecule has 0 radical (unpaired) electrons. The van der Waals surface area contributed by atoms with Crippen molar-refractivity contribution in [2.45, 2.75) is 38.1 Å². The molecule has 2 unspecified atom stereocenters. The second-order valence-electron chi connectivity index (χ2n) is 5.17. The molecule has 1 aliphatic rings. The lowest BCUT2D eigenvalue weighted by Gasteiger charge is -2.39. The van der Waals surface area contributed by atoms with Crippen LogP contribution in [0, 0.1) is 5.92 Å². The van der Waals surface area contributed by atoms with E-state index in [1.807, 2.05) is 5.38 Å². The van der Waals surface area contributed by atoms with Crippen molar-refractivity contribution in [1.29, 1.82) is 0 Å². The topological polar surface area (TPSA) is 29.1 Å². The summed E-state index contributed by atoms with van der Waals surface area (Å²) in [6.45, 7) is 2.25. The molecule has 2 atom stereocenters. The van der Waals surface area contributed by atoms with Gasteiger partial charge in [0.2, 0.25) is 0 Å². The Kier molecular flexibility index (Phi) is 4.73. The van der Waals surface area contributed by atoms with Crippen LogP contribution in [0.25, 0.3) is 0 Å². The first kappa shape index (κ1) is 14.4. The van der Waals surface area contributed by atoms with Crippen LogP contribution >= 0.6 is 38.9 Å². The summed E-state index contributed by atoms with van der Waals surface area (Å²) >= 11 is 11.0. The van der Waals surface area contributed by atoms with Crippen LogP contribution in [0.5, 0.6) is 0 Å². The molecule has 1 N–H and O–H groups in total. The number of hydrogen-bond donors (Lipinski definition) is 1. The van der Waals surface area contributed by atoms with E-state index in [4.69, 9.17) is 11.6 Å². The second kappa shape index (κ2) is 5.93. The van der Waals surface area contributed by atoms with Gasteiger partial charge >= 0.3 is 0 Å². The molecule has 1 heterocycles. The summed E-state index contributed by atoms with van der Waals surface area (Å²) in [6, 6.07) is 1.77. The standard InChI is InChI=1S/C13H17BrClNOS/c1-9-3-2-5-13(7-9,8-14)16-12(17)11-10(15)4-6-18-11/h4,6,9H,2-3,5,7-8H2,1H3,(H,16,17). The Balaban J connectivity index is 2.11. The quantitative estimate of drug-likeness (QED) is 0.800. The Hall–Kier alpha value is -0.0600. The molecule has 1 aromatic rings. The van der Waals surface area contributed by atoms with Crippen molar-refractivity contribution in [2.75, 3.05) is 5.33 Å². The Morgan fingerprint density at radius 1 is 1.72 bits per heavy atom. The molecular formula is C13H17BrClNOS.